The molecule has 1 fully saturated rings. The van der Waals surface area contributed by atoms with E-state index >= 15 is 0 Å². The molecule has 2 rings (SSSR count). The van der Waals surface area contributed by atoms with Crippen LogP contribution >= 0.6 is 11.6 Å². The van der Waals surface area contributed by atoms with Crippen LogP contribution in [0.2, 0.25) is 5.15 Å². The van der Waals surface area contributed by atoms with Crippen LogP contribution in [-0.2, 0) is 13.5 Å². The van der Waals surface area contributed by atoms with E-state index in [-0.39, 0.29) is 0 Å². The average molecular weight is 238 g/mol. The number of aromatic nitrogens is 2. The van der Waals surface area contributed by atoms with Crippen LogP contribution < -0.4 is 0 Å². The molecule has 3 nitrogen and oxygen atoms in total. The summed E-state index contributed by atoms with van der Waals surface area (Å²) in [5.74, 6) is 1.60. The van der Waals surface area contributed by atoms with E-state index in [4.69, 9.17) is 16.9 Å². The molecule has 0 amide bonds. The number of nitriles is 1. The van der Waals surface area contributed by atoms with Gasteiger partial charge in [0.1, 0.15) is 5.82 Å². The molecule has 1 aromatic heterocycles. The summed E-state index contributed by atoms with van der Waals surface area (Å²) in [6.07, 6.45) is 6.64. The molecule has 16 heavy (non-hydrogen) atoms. The maximum absolute atomic E-state index is 8.74. The minimum absolute atomic E-state index is 0.342. The molecule has 86 valence electrons. The fraction of sp³-hybridized carbons (Fsp3) is 0.667. The van der Waals surface area contributed by atoms with Gasteiger partial charge in [0.05, 0.1) is 18.2 Å². The first-order valence-corrected chi connectivity index (χ1v) is 6.19. The number of halogens is 1. The molecule has 0 N–H and O–H groups in total. The van der Waals surface area contributed by atoms with Crippen molar-refractivity contribution in [2.75, 3.05) is 0 Å². The summed E-state index contributed by atoms with van der Waals surface area (Å²) in [5, 5.41) is 9.24. The monoisotopic (exact) mass is 237 g/mol. The van der Waals surface area contributed by atoms with Crippen molar-refractivity contribution < 1.29 is 0 Å². The van der Waals surface area contributed by atoms with Gasteiger partial charge in [-0.25, -0.2) is 4.98 Å². The van der Waals surface area contributed by atoms with Gasteiger partial charge >= 0.3 is 0 Å². The number of rotatable bonds is 2. The highest BCUT2D eigenvalue weighted by molar-refractivity contribution is 6.30. The van der Waals surface area contributed by atoms with Crippen LogP contribution in [0.4, 0.5) is 0 Å². The first-order valence-electron chi connectivity index (χ1n) is 5.82. The SMILES string of the molecule is Cn1c(C2CCCCC2)nc(Cl)c1CC#N. The smallest absolute Gasteiger partial charge is 0.151 e. The molecule has 0 aromatic carbocycles. The molecule has 0 saturated heterocycles. The quantitative estimate of drug-likeness (QED) is 0.793. The zero-order valence-electron chi connectivity index (χ0n) is 9.54. The Morgan fingerprint density at radius 3 is 2.75 bits per heavy atom. The molecule has 4 heteroatoms. The molecule has 0 atom stereocenters. The Morgan fingerprint density at radius 2 is 2.12 bits per heavy atom. The molecule has 0 aliphatic heterocycles. The number of hydrogen-bond acceptors (Lipinski definition) is 2. The topological polar surface area (TPSA) is 41.6 Å². The van der Waals surface area contributed by atoms with Crippen LogP contribution in [0.1, 0.15) is 49.5 Å². The van der Waals surface area contributed by atoms with Gasteiger partial charge < -0.3 is 4.57 Å². The van der Waals surface area contributed by atoms with Crippen LogP contribution in [0.15, 0.2) is 0 Å². The third-order valence-electron chi connectivity index (χ3n) is 3.42. The second kappa shape index (κ2) is 4.88. The molecular weight excluding hydrogens is 222 g/mol. The van der Waals surface area contributed by atoms with Gasteiger partial charge in [-0.15, -0.1) is 0 Å². The van der Waals surface area contributed by atoms with Crippen LogP contribution in [0.25, 0.3) is 0 Å². The number of nitrogens with zero attached hydrogens (tertiary/aromatic N) is 3. The van der Waals surface area contributed by atoms with Crippen molar-refractivity contribution in [3.05, 3.63) is 16.7 Å². The molecule has 0 unspecified atom stereocenters. The molecule has 0 spiro atoms. The van der Waals surface area contributed by atoms with Crippen LogP contribution in [0, 0.1) is 11.3 Å². The lowest BCUT2D eigenvalue weighted by atomic mass is 9.89. The second-order valence-corrected chi connectivity index (χ2v) is 4.79. The minimum Gasteiger partial charge on any atom is -0.333 e. The fourth-order valence-corrected chi connectivity index (χ4v) is 2.79. The summed E-state index contributed by atoms with van der Waals surface area (Å²) in [4.78, 5) is 4.43. The molecule has 1 aromatic rings. The lowest BCUT2D eigenvalue weighted by Crippen LogP contribution is -2.11. The van der Waals surface area contributed by atoms with Crippen molar-refractivity contribution in [3.8, 4) is 6.07 Å². The number of imidazole rings is 1. The molecule has 0 radical (unpaired) electrons. The summed E-state index contributed by atoms with van der Waals surface area (Å²) in [6.45, 7) is 0. The van der Waals surface area contributed by atoms with Gasteiger partial charge in [0, 0.05) is 13.0 Å². The highest BCUT2D eigenvalue weighted by Gasteiger charge is 2.22. The Morgan fingerprint density at radius 1 is 1.44 bits per heavy atom. The first kappa shape index (κ1) is 11.5. The summed E-state index contributed by atoms with van der Waals surface area (Å²) in [6, 6.07) is 2.14. The third-order valence-corrected chi connectivity index (χ3v) is 3.72. The molecule has 1 heterocycles. The van der Waals surface area contributed by atoms with E-state index in [0.29, 0.717) is 17.5 Å². The van der Waals surface area contributed by atoms with E-state index in [1.165, 1.54) is 32.1 Å². The zero-order chi connectivity index (χ0) is 11.5. The van der Waals surface area contributed by atoms with E-state index in [2.05, 4.69) is 11.1 Å². The van der Waals surface area contributed by atoms with Crippen molar-refractivity contribution in [2.24, 2.45) is 7.05 Å². The first-order chi connectivity index (χ1) is 7.74. The highest BCUT2D eigenvalue weighted by Crippen LogP contribution is 2.33. The second-order valence-electron chi connectivity index (χ2n) is 4.44. The molecule has 1 aliphatic carbocycles. The Balaban J connectivity index is 2.27. The van der Waals surface area contributed by atoms with E-state index in [1.54, 1.807) is 0 Å². The summed E-state index contributed by atoms with van der Waals surface area (Å²) < 4.78 is 2.02. The van der Waals surface area contributed by atoms with E-state index in [1.807, 2.05) is 11.6 Å². The zero-order valence-corrected chi connectivity index (χ0v) is 10.3. The largest absolute Gasteiger partial charge is 0.333 e. The Bertz CT molecular complexity index is 411. The van der Waals surface area contributed by atoms with E-state index in [9.17, 15) is 0 Å². The van der Waals surface area contributed by atoms with Gasteiger partial charge in [-0.1, -0.05) is 30.9 Å². The predicted molar refractivity (Wildman–Crippen MR) is 63.4 cm³/mol. The predicted octanol–water partition coefficient (Wildman–Crippen LogP) is 3.19. The van der Waals surface area contributed by atoms with E-state index < -0.39 is 0 Å². The maximum Gasteiger partial charge on any atom is 0.151 e. The third kappa shape index (κ3) is 2.08. The van der Waals surface area contributed by atoms with Gasteiger partial charge in [0.15, 0.2) is 5.15 Å². The van der Waals surface area contributed by atoms with Gasteiger partial charge in [-0.2, -0.15) is 5.26 Å². The van der Waals surface area contributed by atoms with Gasteiger partial charge in [0.25, 0.3) is 0 Å². The van der Waals surface area contributed by atoms with Gasteiger partial charge in [0.2, 0.25) is 0 Å². The van der Waals surface area contributed by atoms with Crippen LogP contribution in [-0.4, -0.2) is 9.55 Å². The summed E-state index contributed by atoms with van der Waals surface area (Å²) in [5.41, 5.74) is 0.852. The Kier molecular flexibility index (Phi) is 3.50. The average Bonchev–Trinajstić information content (AvgIpc) is 2.59. The number of hydrogen-bond donors (Lipinski definition) is 0. The molecule has 1 saturated carbocycles. The molecule has 0 bridgehead atoms. The van der Waals surface area contributed by atoms with Crippen LogP contribution in [0.5, 0.6) is 0 Å². The van der Waals surface area contributed by atoms with Crippen molar-refractivity contribution in [1.29, 1.82) is 5.26 Å². The summed E-state index contributed by atoms with van der Waals surface area (Å²) in [7, 11) is 1.97. The molecule has 1 aliphatic rings. The highest BCUT2D eigenvalue weighted by atomic mass is 35.5. The van der Waals surface area contributed by atoms with Crippen molar-refractivity contribution in [3.63, 3.8) is 0 Å². The Hall–Kier alpha value is -1.01. The van der Waals surface area contributed by atoms with Crippen molar-refractivity contribution >= 4 is 11.6 Å². The normalized spacial score (nSPS) is 17.3. The molecular formula is C12H16ClN3. The van der Waals surface area contributed by atoms with Gasteiger partial charge in [-0.3, -0.25) is 0 Å². The van der Waals surface area contributed by atoms with Crippen LogP contribution in [0.3, 0.4) is 0 Å². The van der Waals surface area contributed by atoms with Crippen molar-refractivity contribution in [1.82, 2.24) is 9.55 Å². The maximum atomic E-state index is 8.74. The van der Waals surface area contributed by atoms with Crippen molar-refractivity contribution in [2.45, 2.75) is 44.4 Å². The minimum atomic E-state index is 0.342. The van der Waals surface area contributed by atoms with Gasteiger partial charge in [-0.05, 0) is 12.8 Å². The standard InChI is InChI=1S/C12H16ClN3/c1-16-10(7-8-14)11(13)15-12(16)9-5-3-2-4-6-9/h9H,2-7H2,1H3. The Labute approximate surface area is 101 Å². The summed E-state index contributed by atoms with van der Waals surface area (Å²) >= 11 is 6.07. The lowest BCUT2D eigenvalue weighted by molar-refractivity contribution is 0.420. The fourth-order valence-electron chi connectivity index (χ4n) is 2.51. The van der Waals surface area contributed by atoms with E-state index in [0.717, 1.165) is 11.5 Å². The lowest BCUT2D eigenvalue weighted by Gasteiger charge is -2.21.